The van der Waals surface area contributed by atoms with Gasteiger partial charge in [-0.05, 0) is 48.0 Å². The van der Waals surface area contributed by atoms with Crippen LogP contribution in [-0.4, -0.2) is 13.1 Å². The van der Waals surface area contributed by atoms with Crippen LogP contribution in [0.15, 0.2) is 42.5 Å². The number of hydrogen-bond donors (Lipinski definition) is 3. The number of ether oxygens (including phenoxy) is 1. The van der Waals surface area contributed by atoms with Gasteiger partial charge in [-0.1, -0.05) is 0 Å². The van der Waals surface area contributed by atoms with Crippen molar-refractivity contribution in [3.05, 3.63) is 53.8 Å². The molecule has 0 aromatic heterocycles. The van der Waals surface area contributed by atoms with Gasteiger partial charge in [0.15, 0.2) is 0 Å². The monoisotopic (exact) mass is 289 g/mol. The van der Waals surface area contributed by atoms with E-state index in [4.69, 9.17) is 10.5 Å². The van der Waals surface area contributed by atoms with Gasteiger partial charge in [0.05, 0.1) is 7.11 Å². The normalized spacial score (nSPS) is 10.0. The predicted octanol–water partition coefficient (Wildman–Crippen LogP) is 2.94. The van der Waals surface area contributed by atoms with Gasteiger partial charge in [0.2, 0.25) is 0 Å². The third-order valence-electron chi connectivity index (χ3n) is 2.88. The molecule has 0 saturated carbocycles. The van der Waals surface area contributed by atoms with Crippen LogP contribution in [0.25, 0.3) is 0 Å². The highest BCUT2D eigenvalue weighted by Gasteiger charge is 2.07. The number of benzene rings is 2. The van der Waals surface area contributed by atoms with Crippen molar-refractivity contribution in [2.75, 3.05) is 17.7 Å². The Hall–Kier alpha value is -2.60. The van der Waals surface area contributed by atoms with Gasteiger partial charge in [-0.2, -0.15) is 0 Å². The highest BCUT2D eigenvalue weighted by molar-refractivity contribution is 6.00. The van der Waals surface area contributed by atoms with Crippen molar-refractivity contribution in [2.24, 2.45) is 5.73 Å². The van der Waals surface area contributed by atoms with Gasteiger partial charge in [-0.25, -0.2) is 9.18 Å². The maximum absolute atomic E-state index is 13.1. The number of hydrogen-bond acceptors (Lipinski definition) is 3. The molecule has 0 saturated heterocycles. The Morgan fingerprint density at radius 3 is 2.52 bits per heavy atom. The van der Waals surface area contributed by atoms with Crippen LogP contribution in [0.2, 0.25) is 0 Å². The molecule has 0 unspecified atom stereocenters. The van der Waals surface area contributed by atoms with Crippen molar-refractivity contribution < 1.29 is 13.9 Å². The molecule has 6 heteroatoms. The van der Waals surface area contributed by atoms with Crippen molar-refractivity contribution in [3.8, 4) is 5.75 Å². The van der Waals surface area contributed by atoms with Crippen molar-refractivity contribution in [3.63, 3.8) is 0 Å². The van der Waals surface area contributed by atoms with Crippen LogP contribution in [0.5, 0.6) is 5.75 Å². The summed E-state index contributed by atoms with van der Waals surface area (Å²) in [5, 5.41) is 5.31. The fourth-order valence-corrected chi connectivity index (χ4v) is 1.81. The van der Waals surface area contributed by atoms with E-state index in [9.17, 15) is 9.18 Å². The molecule has 21 heavy (non-hydrogen) atoms. The first kappa shape index (κ1) is 14.8. The lowest BCUT2D eigenvalue weighted by Gasteiger charge is -2.11. The van der Waals surface area contributed by atoms with Crippen LogP contribution in [0.3, 0.4) is 0 Å². The molecular formula is C15H16FN3O2. The zero-order valence-corrected chi connectivity index (χ0v) is 11.5. The second-order valence-corrected chi connectivity index (χ2v) is 4.31. The lowest BCUT2D eigenvalue weighted by molar-refractivity contribution is 0.262. The van der Waals surface area contributed by atoms with Crippen molar-refractivity contribution in [1.29, 1.82) is 0 Å². The molecule has 2 aromatic rings. The van der Waals surface area contributed by atoms with Crippen LogP contribution in [-0.2, 0) is 6.54 Å². The molecule has 0 spiro atoms. The van der Waals surface area contributed by atoms with Gasteiger partial charge in [0.1, 0.15) is 11.6 Å². The second kappa shape index (κ2) is 6.71. The van der Waals surface area contributed by atoms with Crippen molar-refractivity contribution in [2.45, 2.75) is 6.54 Å². The third-order valence-corrected chi connectivity index (χ3v) is 2.88. The maximum atomic E-state index is 13.1. The molecule has 2 rings (SSSR count). The van der Waals surface area contributed by atoms with Gasteiger partial charge in [0.25, 0.3) is 0 Å². The number of carbonyl (C=O) groups excluding carboxylic acids is 1. The van der Waals surface area contributed by atoms with E-state index in [0.717, 1.165) is 0 Å². The molecular weight excluding hydrogens is 273 g/mol. The molecule has 2 amide bonds. The van der Waals surface area contributed by atoms with E-state index in [1.807, 2.05) is 0 Å². The molecule has 0 radical (unpaired) electrons. The number of carbonyl (C=O) groups is 1. The highest BCUT2D eigenvalue weighted by Crippen LogP contribution is 2.18. The largest absolute Gasteiger partial charge is 0.497 e. The fraction of sp³-hybridized carbons (Fsp3) is 0.133. The lowest BCUT2D eigenvalue weighted by atomic mass is 10.1. The van der Waals surface area contributed by atoms with Crippen LogP contribution in [0.1, 0.15) is 5.56 Å². The summed E-state index contributed by atoms with van der Waals surface area (Å²) in [7, 11) is 1.57. The van der Waals surface area contributed by atoms with E-state index in [1.54, 1.807) is 31.4 Å². The van der Waals surface area contributed by atoms with E-state index < -0.39 is 11.8 Å². The second-order valence-electron chi connectivity index (χ2n) is 4.31. The minimum Gasteiger partial charge on any atom is -0.497 e. The molecule has 0 aliphatic rings. The first-order valence-electron chi connectivity index (χ1n) is 6.33. The maximum Gasteiger partial charge on any atom is 0.323 e. The average molecular weight is 289 g/mol. The Morgan fingerprint density at radius 2 is 1.90 bits per heavy atom. The number of nitrogens with one attached hydrogen (secondary N) is 2. The number of rotatable bonds is 4. The number of halogens is 1. The number of anilines is 2. The minimum absolute atomic E-state index is 0.135. The van der Waals surface area contributed by atoms with E-state index in [1.165, 1.54) is 18.2 Å². The van der Waals surface area contributed by atoms with Crippen molar-refractivity contribution >= 4 is 17.4 Å². The van der Waals surface area contributed by atoms with E-state index in [2.05, 4.69) is 10.6 Å². The first-order valence-corrected chi connectivity index (χ1v) is 6.33. The quantitative estimate of drug-likeness (QED) is 0.810. The number of urea groups is 1. The van der Waals surface area contributed by atoms with Crippen LogP contribution in [0, 0.1) is 5.82 Å². The molecule has 0 heterocycles. The number of amides is 2. The Morgan fingerprint density at radius 1 is 1.19 bits per heavy atom. The lowest BCUT2D eigenvalue weighted by Crippen LogP contribution is -2.20. The smallest absolute Gasteiger partial charge is 0.323 e. The fourth-order valence-electron chi connectivity index (χ4n) is 1.81. The zero-order chi connectivity index (χ0) is 15.2. The molecule has 2 aromatic carbocycles. The van der Waals surface area contributed by atoms with E-state index in [-0.39, 0.29) is 6.54 Å². The standard InChI is InChI=1S/C15H16FN3O2/c1-21-13-5-3-12(4-6-13)18-15(20)19-14-7-2-11(16)8-10(14)9-17/h2-8H,9,17H2,1H3,(H2,18,19,20). The average Bonchev–Trinajstić information content (AvgIpc) is 2.49. The summed E-state index contributed by atoms with van der Waals surface area (Å²) in [5.74, 6) is 0.307. The molecule has 4 N–H and O–H groups in total. The molecule has 110 valence electrons. The topological polar surface area (TPSA) is 76.4 Å². The Bertz CT molecular complexity index is 629. The van der Waals surface area contributed by atoms with Gasteiger partial charge < -0.3 is 21.1 Å². The zero-order valence-electron chi connectivity index (χ0n) is 11.5. The summed E-state index contributed by atoms with van der Waals surface area (Å²) in [5.41, 5.74) is 7.15. The molecule has 0 aliphatic carbocycles. The van der Waals surface area contributed by atoms with E-state index in [0.29, 0.717) is 22.7 Å². The Balaban J connectivity index is 2.04. The summed E-state index contributed by atoms with van der Waals surface area (Å²) in [4.78, 5) is 11.9. The Kier molecular flexibility index (Phi) is 4.73. The Labute approximate surface area is 121 Å². The van der Waals surface area contributed by atoms with Gasteiger partial charge >= 0.3 is 6.03 Å². The summed E-state index contributed by atoms with van der Waals surface area (Å²) >= 11 is 0. The van der Waals surface area contributed by atoms with Crippen molar-refractivity contribution in [1.82, 2.24) is 0 Å². The molecule has 5 nitrogen and oxygen atoms in total. The summed E-state index contributed by atoms with van der Waals surface area (Å²) in [6.07, 6.45) is 0. The van der Waals surface area contributed by atoms with Gasteiger partial charge in [-0.15, -0.1) is 0 Å². The predicted molar refractivity (Wildman–Crippen MR) is 79.9 cm³/mol. The summed E-state index contributed by atoms with van der Waals surface area (Å²) in [6, 6.07) is 10.5. The number of methoxy groups -OCH3 is 1. The highest BCUT2D eigenvalue weighted by atomic mass is 19.1. The third kappa shape index (κ3) is 3.93. The molecule has 0 fully saturated rings. The SMILES string of the molecule is COc1ccc(NC(=O)Nc2ccc(F)cc2CN)cc1. The van der Waals surface area contributed by atoms with Crippen LogP contribution < -0.4 is 21.1 Å². The van der Waals surface area contributed by atoms with Crippen LogP contribution in [0.4, 0.5) is 20.6 Å². The van der Waals surface area contributed by atoms with Gasteiger partial charge in [0, 0.05) is 17.9 Å². The molecule has 0 aliphatic heterocycles. The minimum atomic E-state index is -0.429. The van der Waals surface area contributed by atoms with Crippen LogP contribution >= 0.6 is 0 Å². The first-order chi connectivity index (χ1) is 10.1. The summed E-state index contributed by atoms with van der Waals surface area (Å²) in [6.45, 7) is 0.135. The number of nitrogens with two attached hydrogens (primary N) is 1. The van der Waals surface area contributed by atoms with E-state index >= 15 is 0 Å². The van der Waals surface area contributed by atoms with Gasteiger partial charge in [-0.3, -0.25) is 0 Å². The summed E-state index contributed by atoms with van der Waals surface area (Å²) < 4.78 is 18.1. The molecule has 0 atom stereocenters. The molecule has 0 bridgehead atoms.